The summed E-state index contributed by atoms with van der Waals surface area (Å²) < 4.78 is 0. The van der Waals surface area contributed by atoms with Gasteiger partial charge in [0.25, 0.3) is 5.91 Å². The maximum absolute atomic E-state index is 12.4. The normalized spacial score (nSPS) is 18.1. The Morgan fingerprint density at radius 1 is 1.29 bits per heavy atom. The molecule has 1 aliphatic heterocycles. The maximum Gasteiger partial charge on any atom is 0.327 e. The minimum absolute atomic E-state index is 0.0562. The number of imide groups is 1. The number of benzene rings is 1. The first-order valence-electron chi connectivity index (χ1n) is 7.99. The number of hydrogen-bond donors (Lipinski definition) is 1. The van der Waals surface area contributed by atoms with E-state index in [4.69, 9.17) is 5.26 Å². The van der Waals surface area contributed by atoms with Crippen molar-refractivity contribution in [1.82, 2.24) is 9.80 Å². The predicted octanol–water partition coefficient (Wildman–Crippen LogP) is 1.70. The first kappa shape index (κ1) is 16.0. The van der Waals surface area contributed by atoms with Crippen molar-refractivity contribution in [3.63, 3.8) is 0 Å². The lowest BCUT2D eigenvalue weighted by Crippen LogP contribution is -2.41. The molecule has 2 fully saturated rings. The molecule has 1 aliphatic carbocycles. The molecule has 0 atom stereocenters. The van der Waals surface area contributed by atoms with Crippen LogP contribution in [0.1, 0.15) is 31.2 Å². The largest absolute Gasteiger partial charge is 0.327 e. The first-order chi connectivity index (χ1) is 11.6. The van der Waals surface area contributed by atoms with Gasteiger partial charge in [-0.05, 0) is 31.0 Å². The maximum atomic E-state index is 12.4. The third-order valence-electron chi connectivity index (χ3n) is 4.43. The zero-order valence-corrected chi connectivity index (χ0v) is 13.2. The Bertz CT molecular complexity index is 719. The van der Waals surface area contributed by atoms with Gasteiger partial charge in [0.15, 0.2) is 0 Å². The van der Waals surface area contributed by atoms with E-state index < -0.39 is 5.91 Å². The minimum Gasteiger partial charge on any atom is -0.324 e. The summed E-state index contributed by atoms with van der Waals surface area (Å²) in [5.74, 6) is -0.798. The Hall–Kier alpha value is -2.88. The van der Waals surface area contributed by atoms with Crippen LogP contribution < -0.4 is 5.32 Å². The van der Waals surface area contributed by atoms with Crippen LogP contribution >= 0.6 is 0 Å². The average Bonchev–Trinajstić information content (AvgIpc) is 3.19. The van der Waals surface area contributed by atoms with Crippen LogP contribution in [-0.2, 0) is 9.59 Å². The van der Waals surface area contributed by atoms with Gasteiger partial charge in [0.05, 0.1) is 11.6 Å². The molecular formula is C17H18N4O3. The molecule has 1 aromatic rings. The average molecular weight is 326 g/mol. The second-order valence-electron chi connectivity index (χ2n) is 6.07. The Labute approximate surface area is 139 Å². The quantitative estimate of drug-likeness (QED) is 0.852. The standard InChI is InChI=1S/C17H18N4O3/c18-9-12-4-3-5-13(8-12)19-15(22)10-21-16(23)11-20(17(21)24)14-6-1-2-7-14/h3-5,8,14H,1-2,6-7,10-11H2,(H,19,22). The Morgan fingerprint density at radius 2 is 2.04 bits per heavy atom. The third kappa shape index (κ3) is 3.23. The molecule has 1 heterocycles. The number of nitrogens with zero attached hydrogens (tertiary/aromatic N) is 3. The predicted molar refractivity (Wildman–Crippen MR) is 85.9 cm³/mol. The van der Waals surface area contributed by atoms with E-state index in [1.54, 1.807) is 23.1 Å². The Balaban J connectivity index is 1.62. The van der Waals surface area contributed by atoms with Gasteiger partial charge in [-0.1, -0.05) is 18.9 Å². The van der Waals surface area contributed by atoms with E-state index in [0.29, 0.717) is 11.3 Å². The molecule has 3 rings (SSSR count). The summed E-state index contributed by atoms with van der Waals surface area (Å²) in [5, 5.41) is 11.5. The lowest BCUT2D eigenvalue weighted by molar-refractivity contribution is -0.129. The second-order valence-corrected chi connectivity index (χ2v) is 6.07. The highest BCUT2D eigenvalue weighted by atomic mass is 16.2. The van der Waals surface area contributed by atoms with E-state index in [0.717, 1.165) is 30.6 Å². The minimum atomic E-state index is -0.458. The van der Waals surface area contributed by atoms with Crippen LogP contribution in [0, 0.1) is 11.3 Å². The van der Waals surface area contributed by atoms with Crippen LogP contribution in [0.3, 0.4) is 0 Å². The van der Waals surface area contributed by atoms with Crippen LogP contribution in [0.2, 0.25) is 0 Å². The highest BCUT2D eigenvalue weighted by Gasteiger charge is 2.41. The van der Waals surface area contributed by atoms with Gasteiger partial charge in [-0.25, -0.2) is 4.79 Å². The van der Waals surface area contributed by atoms with Gasteiger partial charge in [0, 0.05) is 11.7 Å². The summed E-state index contributed by atoms with van der Waals surface area (Å²) >= 11 is 0. The smallest absolute Gasteiger partial charge is 0.324 e. The van der Waals surface area contributed by atoms with Gasteiger partial charge in [0.1, 0.15) is 13.1 Å². The number of carbonyl (C=O) groups is 3. The molecule has 0 spiro atoms. The van der Waals surface area contributed by atoms with Gasteiger partial charge < -0.3 is 10.2 Å². The van der Waals surface area contributed by atoms with Crippen molar-refractivity contribution in [3.05, 3.63) is 29.8 Å². The molecule has 0 bridgehead atoms. The number of nitrogens with one attached hydrogen (secondary N) is 1. The van der Waals surface area contributed by atoms with Crippen molar-refractivity contribution in [3.8, 4) is 6.07 Å². The summed E-state index contributed by atoms with van der Waals surface area (Å²) in [6.07, 6.45) is 3.97. The fraction of sp³-hybridized carbons (Fsp3) is 0.412. The molecule has 1 saturated carbocycles. The number of anilines is 1. The fourth-order valence-corrected chi connectivity index (χ4v) is 3.23. The molecule has 24 heavy (non-hydrogen) atoms. The van der Waals surface area contributed by atoms with Gasteiger partial charge >= 0.3 is 6.03 Å². The highest BCUT2D eigenvalue weighted by Crippen LogP contribution is 2.26. The topological polar surface area (TPSA) is 93.5 Å². The van der Waals surface area contributed by atoms with Crippen LogP contribution in [0.5, 0.6) is 0 Å². The van der Waals surface area contributed by atoms with E-state index in [1.165, 1.54) is 6.07 Å². The Kier molecular flexibility index (Phi) is 4.47. The van der Waals surface area contributed by atoms with E-state index in [1.807, 2.05) is 6.07 Å². The molecule has 2 aliphatic rings. The van der Waals surface area contributed by atoms with Gasteiger partial charge in [0.2, 0.25) is 5.91 Å². The summed E-state index contributed by atoms with van der Waals surface area (Å²) in [5.41, 5.74) is 0.888. The number of amides is 4. The van der Waals surface area contributed by atoms with E-state index in [9.17, 15) is 14.4 Å². The molecule has 1 saturated heterocycles. The van der Waals surface area contributed by atoms with E-state index >= 15 is 0 Å². The summed E-state index contributed by atoms with van der Waals surface area (Å²) in [6.45, 7) is -0.252. The molecular weight excluding hydrogens is 308 g/mol. The summed E-state index contributed by atoms with van der Waals surface area (Å²) in [4.78, 5) is 39.2. The van der Waals surface area contributed by atoms with Crippen LogP contribution in [-0.4, -0.2) is 46.8 Å². The van der Waals surface area contributed by atoms with Crippen molar-refractivity contribution in [2.45, 2.75) is 31.7 Å². The van der Waals surface area contributed by atoms with Crippen LogP contribution in [0.25, 0.3) is 0 Å². The lowest BCUT2D eigenvalue weighted by Gasteiger charge is -2.22. The number of hydrogen-bond acceptors (Lipinski definition) is 4. The zero-order valence-electron chi connectivity index (χ0n) is 13.2. The van der Waals surface area contributed by atoms with E-state index in [2.05, 4.69) is 5.32 Å². The monoisotopic (exact) mass is 326 g/mol. The van der Waals surface area contributed by atoms with Gasteiger partial charge in [-0.15, -0.1) is 0 Å². The summed E-state index contributed by atoms with van der Waals surface area (Å²) in [7, 11) is 0. The van der Waals surface area contributed by atoms with Gasteiger partial charge in [-0.2, -0.15) is 5.26 Å². The molecule has 4 amide bonds. The SMILES string of the molecule is N#Cc1cccc(NC(=O)CN2C(=O)CN(C3CCCC3)C2=O)c1. The molecule has 124 valence electrons. The third-order valence-corrected chi connectivity index (χ3v) is 4.43. The van der Waals surface area contributed by atoms with E-state index in [-0.39, 0.29) is 31.1 Å². The van der Waals surface area contributed by atoms with Crippen molar-refractivity contribution in [1.29, 1.82) is 5.26 Å². The number of carbonyl (C=O) groups excluding carboxylic acids is 3. The zero-order chi connectivity index (χ0) is 17.1. The van der Waals surface area contributed by atoms with Crippen molar-refractivity contribution in [2.75, 3.05) is 18.4 Å². The number of rotatable bonds is 4. The Morgan fingerprint density at radius 3 is 2.75 bits per heavy atom. The van der Waals surface area contributed by atoms with Crippen molar-refractivity contribution in [2.24, 2.45) is 0 Å². The molecule has 7 heteroatoms. The molecule has 7 nitrogen and oxygen atoms in total. The lowest BCUT2D eigenvalue weighted by atomic mass is 10.2. The molecule has 0 aromatic heterocycles. The molecule has 1 N–H and O–H groups in total. The molecule has 0 unspecified atom stereocenters. The number of urea groups is 1. The van der Waals surface area contributed by atoms with Crippen molar-refractivity contribution >= 4 is 23.5 Å². The van der Waals surface area contributed by atoms with Crippen LogP contribution in [0.15, 0.2) is 24.3 Å². The van der Waals surface area contributed by atoms with Crippen molar-refractivity contribution < 1.29 is 14.4 Å². The number of nitriles is 1. The van der Waals surface area contributed by atoms with Crippen LogP contribution in [0.4, 0.5) is 10.5 Å². The molecule has 0 radical (unpaired) electrons. The molecule has 1 aromatic carbocycles. The highest BCUT2D eigenvalue weighted by molar-refractivity contribution is 6.06. The second kappa shape index (κ2) is 6.71. The fourth-order valence-electron chi connectivity index (χ4n) is 3.23. The van der Waals surface area contributed by atoms with Gasteiger partial charge in [-0.3, -0.25) is 14.5 Å². The first-order valence-corrected chi connectivity index (χ1v) is 7.99. The summed E-state index contributed by atoms with van der Waals surface area (Å²) in [6, 6.07) is 8.19.